The molecule has 92 valence electrons. The van der Waals surface area contributed by atoms with Crippen molar-refractivity contribution in [3.05, 3.63) is 23.9 Å². The number of hydrogen-bond acceptors (Lipinski definition) is 3. The van der Waals surface area contributed by atoms with Gasteiger partial charge >= 0.3 is 0 Å². The average molecular weight is 232 g/mol. The van der Waals surface area contributed by atoms with E-state index >= 15 is 0 Å². The molecule has 1 aromatic rings. The van der Waals surface area contributed by atoms with E-state index in [9.17, 15) is 4.79 Å². The number of carbonyl (C=O) groups is 1. The number of nitrogens with zero attached hydrogens (tertiary/aromatic N) is 2. The highest BCUT2D eigenvalue weighted by Gasteiger charge is 2.18. The van der Waals surface area contributed by atoms with Crippen molar-refractivity contribution in [3.8, 4) is 0 Å². The van der Waals surface area contributed by atoms with Crippen LogP contribution in [-0.2, 0) is 0 Å². The molecule has 1 aromatic heterocycles. The van der Waals surface area contributed by atoms with Crippen LogP contribution in [-0.4, -0.2) is 23.9 Å². The molecule has 0 atom stereocenters. The van der Waals surface area contributed by atoms with Gasteiger partial charge in [0.1, 0.15) is 5.82 Å². The summed E-state index contributed by atoms with van der Waals surface area (Å²) in [5.41, 5.74) is 0.686. The lowest BCUT2D eigenvalue weighted by molar-refractivity contribution is 0.101. The predicted molar refractivity (Wildman–Crippen MR) is 69.5 cm³/mol. The molecule has 1 heterocycles. The number of pyridine rings is 1. The van der Waals surface area contributed by atoms with Gasteiger partial charge in [0.25, 0.3) is 0 Å². The van der Waals surface area contributed by atoms with Crippen LogP contribution in [0.3, 0.4) is 0 Å². The van der Waals surface area contributed by atoms with Gasteiger partial charge in [0.2, 0.25) is 0 Å². The molecule has 3 nitrogen and oxygen atoms in total. The molecule has 0 unspecified atom stereocenters. The third-order valence-electron chi connectivity index (χ3n) is 3.64. The minimum Gasteiger partial charge on any atom is -0.357 e. The lowest BCUT2D eigenvalue weighted by Crippen LogP contribution is -2.33. The van der Waals surface area contributed by atoms with Crippen LogP contribution in [0, 0.1) is 0 Å². The summed E-state index contributed by atoms with van der Waals surface area (Å²) in [4.78, 5) is 17.8. The Labute approximate surface area is 103 Å². The van der Waals surface area contributed by atoms with E-state index in [1.807, 2.05) is 12.1 Å². The number of anilines is 1. The lowest BCUT2D eigenvalue weighted by Gasteiger charge is -2.32. The van der Waals surface area contributed by atoms with Gasteiger partial charge in [0, 0.05) is 24.8 Å². The standard InChI is InChI=1S/C14H20N2O/c1-11(17)12-8-9-14(15-10-12)16(2)13-6-4-3-5-7-13/h8-10,13H,3-7H2,1-2H3. The number of Topliss-reactive ketones (excluding diaryl/α,β-unsaturated/α-hetero) is 1. The van der Waals surface area contributed by atoms with Crippen LogP contribution in [0.5, 0.6) is 0 Å². The Morgan fingerprint density at radius 1 is 1.29 bits per heavy atom. The van der Waals surface area contributed by atoms with Crippen molar-refractivity contribution in [2.75, 3.05) is 11.9 Å². The Hall–Kier alpha value is -1.38. The maximum absolute atomic E-state index is 11.2. The van der Waals surface area contributed by atoms with Crippen molar-refractivity contribution in [1.82, 2.24) is 4.98 Å². The quantitative estimate of drug-likeness (QED) is 0.751. The van der Waals surface area contributed by atoms with Crippen LogP contribution in [0.1, 0.15) is 49.4 Å². The van der Waals surface area contributed by atoms with Crippen molar-refractivity contribution in [2.24, 2.45) is 0 Å². The van der Waals surface area contributed by atoms with Crippen LogP contribution in [0.25, 0.3) is 0 Å². The van der Waals surface area contributed by atoms with Gasteiger partial charge in [-0.3, -0.25) is 4.79 Å². The molecule has 1 aliphatic rings. The van der Waals surface area contributed by atoms with Crippen LogP contribution in [0.2, 0.25) is 0 Å². The Bertz CT molecular complexity index is 380. The molecule has 1 fully saturated rings. The highest BCUT2D eigenvalue weighted by molar-refractivity contribution is 5.93. The summed E-state index contributed by atoms with van der Waals surface area (Å²) in [6.07, 6.45) is 8.19. The molecule has 0 radical (unpaired) electrons. The van der Waals surface area contributed by atoms with E-state index in [1.165, 1.54) is 32.1 Å². The fourth-order valence-electron chi connectivity index (χ4n) is 2.46. The predicted octanol–water partition coefficient (Wildman–Crippen LogP) is 3.05. The first-order chi connectivity index (χ1) is 8.18. The molecule has 0 bridgehead atoms. The molecule has 17 heavy (non-hydrogen) atoms. The third-order valence-corrected chi connectivity index (χ3v) is 3.64. The second-order valence-electron chi connectivity index (χ2n) is 4.86. The molecular weight excluding hydrogens is 212 g/mol. The lowest BCUT2D eigenvalue weighted by atomic mass is 9.94. The largest absolute Gasteiger partial charge is 0.357 e. The zero-order chi connectivity index (χ0) is 12.3. The first-order valence-corrected chi connectivity index (χ1v) is 6.38. The van der Waals surface area contributed by atoms with Crippen LogP contribution < -0.4 is 4.90 Å². The number of ketones is 1. The molecule has 0 amide bonds. The van der Waals surface area contributed by atoms with Gasteiger partial charge in [0.05, 0.1) is 0 Å². The minimum absolute atomic E-state index is 0.0735. The number of hydrogen-bond donors (Lipinski definition) is 0. The maximum atomic E-state index is 11.2. The van der Waals surface area contributed by atoms with Crippen molar-refractivity contribution in [3.63, 3.8) is 0 Å². The Balaban J connectivity index is 2.07. The van der Waals surface area contributed by atoms with Gasteiger partial charge in [-0.05, 0) is 31.9 Å². The van der Waals surface area contributed by atoms with E-state index < -0.39 is 0 Å². The molecule has 0 aromatic carbocycles. The van der Waals surface area contributed by atoms with Gasteiger partial charge in [-0.25, -0.2) is 4.98 Å². The number of carbonyl (C=O) groups excluding carboxylic acids is 1. The average Bonchev–Trinajstić information content (AvgIpc) is 2.39. The number of rotatable bonds is 3. The summed E-state index contributed by atoms with van der Waals surface area (Å²) in [5, 5.41) is 0. The maximum Gasteiger partial charge on any atom is 0.161 e. The normalized spacial score (nSPS) is 16.8. The molecule has 0 aliphatic heterocycles. The molecule has 0 spiro atoms. The van der Waals surface area contributed by atoms with Gasteiger partial charge in [0.15, 0.2) is 5.78 Å². The summed E-state index contributed by atoms with van der Waals surface area (Å²) in [7, 11) is 2.10. The van der Waals surface area contributed by atoms with Gasteiger partial charge in [-0.2, -0.15) is 0 Å². The molecule has 1 aliphatic carbocycles. The SMILES string of the molecule is CC(=O)c1ccc(N(C)C2CCCCC2)nc1. The van der Waals surface area contributed by atoms with Crippen LogP contribution in [0.4, 0.5) is 5.82 Å². The fourth-order valence-corrected chi connectivity index (χ4v) is 2.46. The highest BCUT2D eigenvalue weighted by Crippen LogP contribution is 2.24. The minimum atomic E-state index is 0.0735. The summed E-state index contributed by atoms with van der Waals surface area (Å²) in [5.74, 6) is 1.05. The van der Waals surface area contributed by atoms with Crippen molar-refractivity contribution < 1.29 is 4.79 Å². The molecule has 0 saturated heterocycles. The van der Waals surface area contributed by atoms with Crippen molar-refractivity contribution >= 4 is 11.6 Å². The molecule has 1 saturated carbocycles. The van der Waals surface area contributed by atoms with E-state index in [-0.39, 0.29) is 5.78 Å². The summed E-state index contributed by atoms with van der Waals surface area (Å²) < 4.78 is 0. The number of aromatic nitrogens is 1. The summed E-state index contributed by atoms with van der Waals surface area (Å²) in [6.45, 7) is 1.57. The van der Waals surface area contributed by atoms with Gasteiger partial charge in [-0.1, -0.05) is 19.3 Å². The van der Waals surface area contributed by atoms with Crippen LogP contribution in [0.15, 0.2) is 18.3 Å². The Kier molecular flexibility index (Phi) is 3.77. The first-order valence-electron chi connectivity index (χ1n) is 6.38. The Morgan fingerprint density at radius 2 is 2.00 bits per heavy atom. The van der Waals surface area contributed by atoms with Crippen LogP contribution >= 0.6 is 0 Å². The van der Waals surface area contributed by atoms with E-state index in [0.29, 0.717) is 11.6 Å². The van der Waals surface area contributed by atoms with E-state index in [0.717, 1.165) is 5.82 Å². The summed E-state index contributed by atoms with van der Waals surface area (Å²) >= 11 is 0. The second-order valence-corrected chi connectivity index (χ2v) is 4.86. The third kappa shape index (κ3) is 2.84. The van der Waals surface area contributed by atoms with Crippen molar-refractivity contribution in [1.29, 1.82) is 0 Å². The zero-order valence-corrected chi connectivity index (χ0v) is 10.6. The van der Waals surface area contributed by atoms with Gasteiger partial charge in [-0.15, -0.1) is 0 Å². The second kappa shape index (κ2) is 5.30. The fraction of sp³-hybridized carbons (Fsp3) is 0.571. The molecule has 0 N–H and O–H groups in total. The summed E-state index contributed by atoms with van der Waals surface area (Å²) in [6, 6.07) is 4.43. The molecular formula is C14H20N2O. The van der Waals surface area contributed by atoms with Gasteiger partial charge < -0.3 is 4.90 Å². The molecule has 3 heteroatoms. The van der Waals surface area contributed by atoms with E-state index in [1.54, 1.807) is 13.1 Å². The van der Waals surface area contributed by atoms with E-state index in [2.05, 4.69) is 16.9 Å². The topological polar surface area (TPSA) is 33.2 Å². The molecule has 2 rings (SSSR count). The van der Waals surface area contributed by atoms with Crippen molar-refractivity contribution in [2.45, 2.75) is 45.1 Å². The van der Waals surface area contributed by atoms with E-state index in [4.69, 9.17) is 0 Å². The smallest absolute Gasteiger partial charge is 0.161 e. The zero-order valence-electron chi connectivity index (χ0n) is 10.6. The highest BCUT2D eigenvalue weighted by atomic mass is 16.1. The monoisotopic (exact) mass is 232 g/mol. The first kappa shape index (κ1) is 12.1. The Morgan fingerprint density at radius 3 is 2.53 bits per heavy atom.